The van der Waals surface area contributed by atoms with Gasteiger partial charge in [0.1, 0.15) is 0 Å². The molecular weight excluding hydrogens is 208 g/mol. The minimum Gasteiger partial charge on any atom is -0.371 e. The third kappa shape index (κ3) is 2.21. The van der Waals surface area contributed by atoms with Gasteiger partial charge in [-0.1, -0.05) is 24.3 Å². The Balaban J connectivity index is 2.42. The molecule has 0 spiro atoms. The monoisotopic (exact) mass is 228 g/mol. The lowest BCUT2D eigenvalue weighted by molar-refractivity contribution is 0.803. The fraction of sp³-hybridized carbons (Fsp3) is 0.333. The molecule has 0 radical (unpaired) electrons. The molecule has 0 N–H and O–H groups in total. The predicted octanol–water partition coefficient (Wildman–Crippen LogP) is 3.42. The number of hydrogen-bond acceptors (Lipinski definition) is 2. The van der Waals surface area contributed by atoms with Gasteiger partial charge in [-0.3, -0.25) is 0 Å². The molecule has 17 heavy (non-hydrogen) atoms. The Bertz CT molecular complexity index is 446. The molecule has 1 aromatic rings. The highest BCUT2D eigenvalue weighted by Crippen LogP contribution is 2.34. The molecule has 0 aliphatic carbocycles. The molecule has 0 saturated heterocycles. The summed E-state index contributed by atoms with van der Waals surface area (Å²) < 4.78 is 0. The zero-order chi connectivity index (χ0) is 12.3. The number of para-hydroxylation sites is 2. The predicted molar refractivity (Wildman–Crippen MR) is 75.6 cm³/mol. The smallest absolute Gasteiger partial charge is 0.0649 e. The van der Waals surface area contributed by atoms with E-state index in [1.807, 2.05) is 0 Å². The van der Waals surface area contributed by atoms with E-state index in [1.165, 1.54) is 17.1 Å². The van der Waals surface area contributed by atoms with Crippen LogP contribution in [0.2, 0.25) is 0 Å². The Hall–Kier alpha value is -1.70. The van der Waals surface area contributed by atoms with Crippen molar-refractivity contribution in [2.24, 2.45) is 0 Å². The first-order valence-electron chi connectivity index (χ1n) is 6.14. The zero-order valence-electron chi connectivity index (χ0n) is 10.9. The van der Waals surface area contributed by atoms with Crippen molar-refractivity contribution >= 4 is 11.4 Å². The molecule has 1 aliphatic rings. The SMILES string of the molecule is C/C=C\C(=C/C)N1CCN(C)c2ccccc21. The zero-order valence-corrected chi connectivity index (χ0v) is 10.9. The van der Waals surface area contributed by atoms with E-state index in [1.54, 1.807) is 0 Å². The fourth-order valence-corrected chi connectivity index (χ4v) is 2.29. The normalized spacial score (nSPS) is 16.5. The van der Waals surface area contributed by atoms with Crippen LogP contribution in [0.3, 0.4) is 0 Å². The second kappa shape index (κ2) is 5.09. The van der Waals surface area contributed by atoms with Crippen molar-refractivity contribution < 1.29 is 0 Å². The van der Waals surface area contributed by atoms with Crippen molar-refractivity contribution in [3.05, 3.63) is 48.2 Å². The maximum atomic E-state index is 2.38. The summed E-state index contributed by atoms with van der Waals surface area (Å²) in [6.07, 6.45) is 6.43. The molecule has 2 heteroatoms. The van der Waals surface area contributed by atoms with Gasteiger partial charge in [0.2, 0.25) is 0 Å². The third-order valence-corrected chi connectivity index (χ3v) is 3.19. The van der Waals surface area contributed by atoms with Crippen LogP contribution in [0, 0.1) is 0 Å². The highest BCUT2D eigenvalue weighted by Gasteiger charge is 2.20. The first-order chi connectivity index (χ1) is 8.27. The van der Waals surface area contributed by atoms with Crippen LogP contribution in [0.4, 0.5) is 11.4 Å². The Morgan fingerprint density at radius 2 is 1.82 bits per heavy atom. The average Bonchev–Trinajstić information content (AvgIpc) is 2.37. The standard InChI is InChI=1S/C15H20N2/c1-4-8-13(5-2)17-12-11-16(3)14-9-6-7-10-15(14)17/h4-10H,11-12H2,1-3H3/b8-4-,13-5+. The molecule has 0 aromatic heterocycles. The van der Waals surface area contributed by atoms with E-state index in [0.717, 1.165) is 13.1 Å². The van der Waals surface area contributed by atoms with Gasteiger partial charge in [0, 0.05) is 25.8 Å². The third-order valence-electron chi connectivity index (χ3n) is 3.19. The summed E-state index contributed by atoms with van der Waals surface area (Å²) in [6.45, 7) is 6.26. The highest BCUT2D eigenvalue weighted by atomic mass is 15.3. The van der Waals surface area contributed by atoms with Crippen molar-refractivity contribution in [1.29, 1.82) is 0 Å². The van der Waals surface area contributed by atoms with E-state index in [4.69, 9.17) is 0 Å². The van der Waals surface area contributed by atoms with E-state index < -0.39 is 0 Å². The van der Waals surface area contributed by atoms with Crippen molar-refractivity contribution in [3.63, 3.8) is 0 Å². The van der Waals surface area contributed by atoms with Gasteiger partial charge in [0.15, 0.2) is 0 Å². The van der Waals surface area contributed by atoms with Gasteiger partial charge < -0.3 is 9.80 Å². The Morgan fingerprint density at radius 1 is 1.12 bits per heavy atom. The fourth-order valence-electron chi connectivity index (χ4n) is 2.29. The van der Waals surface area contributed by atoms with Crippen LogP contribution < -0.4 is 9.80 Å². The van der Waals surface area contributed by atoms with Crippen LogP contribution in [-0.4, -0.2) is 20.1 Å². The van der Waals surface area contributed by atoms with Gasteiger partial charge in [-0.2, -0.15) is 0 Å². The highest BCUT2D eigenvalue weighted by molar-refractivity contribution is 5.75. The minimum absolute atomic E-state index is 1.04. The lowest BCUT2D eigenvalue weighted by Crippen LogP contribution is -2.38. The summed E-state index contributed by atoms with van der Waals surface area (Å²) in [7, 11) is 2.15. The van der Waals surface area contributed by atoms with Crippen LogP contribution in [-0.2, 0) is 0 Å². The molecule has 2 rings (SSSR count). The van der Waals surface area contributed by atoms with Crippen LogP contribution in [0.5, 0.6) is 0 Å². The first-order valence-corrected chi connectivity index (χ1v) is 6.14. The van der Waals surface area contributed by atoms with Gasteiger partial charge in [-0.05, 0) is 32.1 Å². The van der Waals surface area contributed by atoms with Crippen molar-refractivity contribution in [2.45, 2.75) is 13.8 Å². The van der Waals surface area contributed by atoms with E-state index in [9.17, 15) is 0 Å². The lowest BCUT2D eigenvalue weighted by Gasteiger charge is -2.37. The number of rotatable bonds is 2. The second-order valence-corrected chi connectivity index (χ2v) is 4.28. The topological polar surface area (TPSA) is 6.48 Å². The largest absolute Gasteiger partial charge is 0.371 e. The van der Waals surface area contributed by atoms with Crippen LogP contribution in [0.15, 0.2) is 48.2 Å². The van der Waals surface area contributed by atoms with Crippen LogP contribution in [0.25, 0.3) is 0 Å². The summed E-state index contributed by atoms with van der Waals surface area (Å²) in [5, 5.41) is 0. The summed E-state index contributed by atoms with van der Waals surface area (Å²) in [6, 6.07) is 8.58. The molecule has 0 amide bonds. The summed E-state index contributed by atoms with van der Waals surface area (Å²) in [5.74, 6) is 0. The Morgan fingerprint density at radius 3 is 2.47 bits per heavy atom. The van der Waals surface area contributed by atoms with Crippen molar-refractivity contribution in [2.75, 3.05) is 29.9 Å². The molecule has 1 aromatic carbocycles. The van der Waals surface area contributed by atoms with Crippen LogP contribution >= 0.6 is 0 Å². The molecule has 1 heterocycles. The maximum absolute atomic E-state index is 2.38. The molecule has 1 aliphatic heterocycles. The number of likely N-dealkylation sites (N-methyl/N-ethyl adjacent to an activating group) is 1. The number of hydrogen-bond donors (Lipinski definition) is 0. The number of benzene rings is 1. The molecule has 0 atom stereocenters. The summed E-state index contributed by atoms with van der Waals surface area (Å²) in [4.78, 5) is 4.70. The maximum Gasteiger partial charge on any atom is 0.0649 e. The van der Waals surface area contributed by atoms with Gasteiger partial charge in [-0.25, -0.2) is 0 Å². The van der Waals surface area contributed by atoms with Gasteiger partial charge in [-0.15, -0.1) is 0 Å². The molecular formula is C15H20N2. The van der Waals surface area contributed by atoms with E-state index in [0.29, 0.717) is 0 Å². The van der Waals surface area contributed by atoms with Gasteiger partial charge in [0.25, 0.3) is 0 Å². The minimum atomic E-state index is 1.04. The number of nitrogens with zero attached hydrogens (tertiary/aromatic N) is 2. The number of fused-ring (bicyclic) bond motifs is 1. The summed E-state index contributed by atoms with van der Waals surface area (Å²) >= 11 is 0. The molecule has 0 saturated carbocycles. The average molecular weight is 228 g/mol. The number of anilines is 2. The van der Waals surface area contributed by atoms with E-state index in [2.05, 4.69) is 73.2 Å². The molecule has 2 nitrogen and oxygen atoms in total. The molecule has 0 bridgehead atoms. The molecule has 90 valence electrons. The Labute approximate surface area is 104 Å². The number of allylic oxidation sites excluding steroid dienone is 3. The Kier molecular flexibility index (Phi) is 3.52. The lowest BCUT2D eigenvalue weighted by atomic mass is 10.1. The van der Waals surface area contributed by atoms with Gasteiger partial charge >= 0.3 is 0 Å². The van der Waals surface area contributed by atoms with Gasteiger partial charge in [0.05, 0.1) is 11.4 Å². The quantitative estimate of drug-likeness (QED) is 0.716. The summed E-state index contributed by atoms with van der Waals surface area (Å²) in [5.41, 5.74) is 3.88. The second-order valence-electron chi connectivity index (χ2n) is 4.28. The molecule has 0 unspecified atom stereocenters. The van der Waals surface area contributed by atoms with E-state index >= 15 is 0 Å². The molecule has 0 fully saturated rings. The van der Waals surface area contributed by atoms with E-state index in [-0.39, 0.29) is 0 Å². The first kappa shape index (κ1) is 11.8. The van der Waals surface area contributed by atoms with Crippen molar-refractivity contribution in [3.8, 4) is 0 Å². The van der Waals surface area contributed by atoms with Crippen LogP contribution in [0.1, 0.15) is 13.8 Å². The van der Waals surface area contributed by atoms with Crippen molar-refractivity contribution in [1.82, 2.24) is 0 Å².